The monoisotopic (exact) mass is 535 g/mol. The number of anilines is 1. The minimum absolute atomic E-state index is 0.000988. The molecule has 0 unspecified atom stereocenters. The zero-order chi connectivity index (χ0) is 21.1. The van der Waals surface area contributed by atoms with Crippen molar-refractivity contribution in [1.82, 2.24) is 4.57 Å². The molecule has 0 bridgehead atoms. The van der Waals surface area contributed by atoms with E-state index in [4.69, 9.17) is 23.2 Å². The molecule has 0 radical (unpaired) electrons. The molecule has 1 N–H and O–H groups in total. The van der Waals surface area contributed by atoms with Crippen LogP contribution in [0.5, 0.6) is 0 Å². The van der Waals surface area contributed by atoms with Gasteiger partial charge >= 0.3 is 0 Å². The minimum Gasteiger partial charge on any atom is -0.321 e. The second kappa shape index (κ2) is 9.04. The van der Waals surface area contributed by atoms with Gasteiger partial charge in [-0.25, -0.2) is 0 Å². The second-order valence-corrected chi connectivity index (χ2v) is 8.45. The van der Waals surface area contributed by atoms with Gasteiger partial charge in [0, 0.05) is 26.3 Å². The Balaban J connectivity index is 1.92. The summed E-state index contributed by atoms with van der Waals surface area (Å²) in [5.74, 6) is -0.509. The number of halogens is 3. The summed E-state index contributed by atoms with van der Waals surface area (Å²) in [5.41, 5.74) is 4.26. The molecule has 3 aromatic rings. The zero-order valence-electron chi connectivity index (χ0n) is 15.6. The summed E-state index contributed by atoms with van der Waals surface area (Å²) in [6.45, 7) is 3.95. The Morgan fingerprint density at radius 1 is 1.10 bits per heavy atom. The van der Waals surface area contributed by atoms with Gasteiger partial charge in [0.1, 0.15) is 11.6 Å². The van der Waals surface area contributed by atoms with Gasteiger partial charge in [-0.3, -0.25) is 4.79 Å². The van der Waals surface area contributed by atoms with Gasteiger partial charge < -0.3 is 9.88 Å². The molecule has 1 heterocycles. The second-order valence-electron chi connectivity index (χ2n) is 6.39. The maximum atomic E-state index is 12.6. The Kier molecular flexibility index (Phi) is 6.68. The number of hydrogen-bond acceptors (Lipinski definition) is 2. The Morgan fingerprint density at radius 2 is 1.79 bits per heavy atom. The van der Waals surface area contributed by atoms with Crippen LogP contribution in [0.15, 0.2) is 54.1 Å². The summed E-state index contributed by atoms with van der Waals surface area (Å²) < 4.78 is 3.24. The summed E-state index contributed by atoms with van der Waals surface area (Å²) >= 11 is 14.1. The molecule has 0 aliphatic heterocycles. The van der Waals surface area contributed by atoms with Crippen molar-refractivity contribution in [2.45, 2.75) is 13.8 Å². The van der Waals surface area contributed by atoms with Crippen molar-refractivity contribution in [3.8, 4) is 11.8 Å². The Morgan fingerprint density at radius 3 is 2.41 bits per heavy atom. The number of amides is 1. The van der Waals surface area contributed by atoms with Crippen LogP contribution >= 0.6 is 45.8 Å². The molecule has 3 rings (SSSR count). The van der Waals surface area contributed by atoms with E-state index in [0.717, 1.165) is 26.2 Å². The molecule has 0 fully saturated rings. The summed E-state index contributed by atoms with van der Waals surface area (Å²) in [7, 11) is 0. The first-order valence-electron chi connectivity index (χ1n) is 8.63. The van der Waals surface area contributed by atoms with E-state index in [1.54, 1.807) is 24.3 Å². The fourth-order valence-corrected chi connectivity index (χ4v) is 3.66. The van der Waals surface area contributed by atoms with E-state index >= 15 is 0 Å². The topological polar surface area (TPSA) is 57.8 Å². The fraction of sp³-hybridized carbons (Fsp3) is 0.0909. The van der Waals surface area contributed by atoms with Gasteiger partial charge in [-0.05, 0) is 96.6 Å². The van der Waals surface area contributed by atoms with E-state index in [-0.39, 0.29) is 5.57 Å². The maximum absolute atomic E-state index is 12.6. The Hall–Kier alpha value is -2.27. The van der Waals surface area contributed by atoms with Crippen molar-refractivity contribution in [2.24, 2.45) is 0 Å². The number of nitrogens with one attached hydrogen (secondary N) is 1. The van der Waals surface area contributed by atoms with Crippen LogP contribution in [0, 0.1) is 28.7 Å². The zero-order valence-corrected chi connectivity index (χ0v) is 19.3. The molecular weight excluding hydrogens is 520 g/mol. The maximum Gasteiger partial charge on any atom is 0.266 e. The van der Waals surface area contributed by atoms with Crippen LogP contribution in [-0.2, 0) is 4.79 Å². The lowest BCUT2D eigenvalue weighted by atomic mass is 10.1. The molecule has 0 saturated heterocycles. The number of nitriles is 1. The molecule has 0 saturated carbocycles. The summed E-state index contributed by atoms with van der Waals surface area (Å²) in [4.78, 5) is 12.6. The van der Waals surface area contributed by atoms with Gasteiger partial charge in [-0.1, -0.05) is 23.2 Å². The molecule has 0 atom stereocenters. The smallest absolute Gasteiger partial charge is 0.266 e. The van der Waals surface area contributed by atoms with Crippen LogP contribution in [0.4, 0.5) is 5.69 Å². The highest BCUT2D eigenvalue weighted by Gasteiger charge is 2.14. The molecule has 4 nitrogen and oxygen atoms in total. The molecule has 29 heavy (non-hydrogen) atoms. The number of carbonyl (C=O) groups is 1. The van der Waals surface area contributed by atoms with Crippen molar-refractivity contribution >= 4 is 63.5 Å². The van der Waals surface area contributed by atoms with Crippen LogP contribution < -0.4 is 5.32 Å². The predicted molar refractivity (Wildman–Crippen MR) is 127 cm³/mol. The predicted octanol–water partition coefficient (Wildman–Crippen LogP) is 6.55. The standard InChI is InChI=1S/C22H16Cl2IN3O/c1-13-9-15(14(2)28(13)19-6-3-17(25)4-7-19)10-16(12-26)22(29)27-18-5-8-20(23)21(24)11-18/h3-11H,1-2H3,(H,27,29)/b16-10-. The lowest BCUT2D eigenvalue weighted by molar-refractivity contribution is -0.112. The number of carbonyl (C=O) groups excluding carboxylic acids is 1. The molecule has 1 amide bonds. The van der Waals surface area contributed by atoms with Crippen molar-refractivity contribution in [1.29, 1.82) is 5.26 Å². The van der Waals surface area contributed by atoms with Gasteiger partial charge in [-0.2, -0.15) is 5.26 Å². The molecule has 1 aromatic heterocycles. The van der Waals surface area contributed by atoms with Crippen LogP contribution in [0.25, 0.3) is 11.8 Å². The number of rotatable bonds is 4. The highest BCUT2D eigenvalue weighted by atomic mass is 127. The SMILES string of the molecule is Cc1cc(/C=C(/C#N)C(=O)Nc2ccc(Cl)c(Cl)c2)c(C)n1-c1ccc(I)cc1. The largest absolute Gasteiger partial charge is 0.321 e. The average molecular weight is 536 g/mol. The van der Waals surface area contributed by atoms with Crippen LogP contribution in [-0.4, -0.2) is 10.5 Å². The van der Waals surface area contributed by atoms with E-state index in [2.05, 4.69) is 32.5 Å². The van der Waals surface area contributed by atoms with E-state index in [1.807, 2.05) is 50.2 Å². The van der Waals surface area contributed by atoms with Crippen LogP contribution in [0.1, 0.15) is 17.0 Å². The highest BCUT2D eigenvalue weighted by Crippen LogP contribution is 2.26. The third kappa shape index (κ3) is 4.84. The Labute approximate surface area is 192 Å². The third-order valence-corrected chi connectivity index (χ3v) is 5.86. The van der Waals surface area contributed by atoms with Crippen LogP contribution in [0.2, 0.25) is 10.0 Å². The van der Waals surface area contributed by atoms with Gasteiger partial charge in [0.25, 0.3) is 5.91 Å². The van der Waals surface area contributed by atoms with Crippen LogP contribution in [0.3, 0.4) is 0 Å². The molecule has 0 spiro atoms. The van der Waals surface area contributed by atoms with Crippen molar-refractivity contribution in [2.75, 3.05) is 5.32 Å². The Bertz CT molecular complexity index is 1160. The fourth-order valence-electron chi connectivity index (χ4n) is 3.00. The summed E-state index contributed by atoms with van der Waals surface area (Å²) in [6.07, 6.45) is 1.60. The normalized spacial score (nSPS) is 11.2. The minimum atomic E-state index is -0.509. The lowest BCUT2D eigenvalue weighted by Gasteiger charge is -2.10. The first-order valence-corrected chi connectivity index (χ1v) is 10.5. The van der Waals surface area contributed by atoms with Gasteiger partial charge in [0.05, 0.1) is 10.0 Å². The van der Waals surface area contributed by atoms with E-state index in [1.165, 1.54) is 0 Å². The average Bonchev–Trinajstić information content (AvgIpc) is 2.96. The number of nitrogens with zero attached hydrogens (tertiary/aromatic N) is 2. The molecular formula is C22H16Cl2IN3O. The van der Waals surface area contributed by atoms with E-state index < -0.39 is 5.91 Å². The summed E-state index contributed by atoms with van der Waals surface area (Å²) in [6, 6.07) is 16.8. The highest BCUT2D eigenvalue weighted by molar-refractivity contribution is 14.1. The van der Waals surface area contributed by atoms with Crippen molar-refractivity contribution < 1.29 is 4.79 Å². The molecule has 0 aliphatic rings. The molecule has 146 valence electrons. The van der Waals surface area contributed by atoms with Crippen molar-refractivity contribution in [3.63, 3.8) is 0 Å². The summed E-state index contributed by atoms with van der Waals surface area (Å²) in [5, 5.41) is 12.9. The van der Waals surface area contributed by atoms with E-state index in [9.17, 15) is 10.1 Å². The third-order valence-electron chi connectivity index (χ3n) is 4.40. The van der Waals surface area contributed by atoms with Gasteiger partial charge in [0.15, 0.2) is 0 Å². The van der Waals surface area contributed by atoms with Crippen molar-refractivity contribution in [3.05, 3.63) is 84.7 Å². The van der Waals surface area contributed by atoms with Gasteiger partial charge in [0.2, 0.25) is 0 Å². The number of benzene rings is 2. The molecule has 2 aromatic carbocycles. The number of aryl methyl sites for hydroxylation is 1. The lowest BCUT2D eigenvalue weighted by Crippen LogP contribution is -2.13. The first kappa shape index (κ1) is 21.4. The quantitative estimate of drug-likeness (QED) is 0.234. The van der Waals surface area contributed by atoms with Gasteiger partial charge in [-0.15, -0.1) is 0 Å². The van der Waals surface area contributed by atoms with E-state index in [0.29, 0.717) is 15.7 Å². The first-order chi connectivity index (χ1) is 13.8. The molecule has 0 aliphatic carbocycles. The molecule has 7 heteroatoms. The number of aromatic nitrogens is 1. The number of hydrogen-bond donors (Lipinski definition) is 1.